The maximum atomic E-state index is 10.1. The number of rotatable bonds is 0. The second-order valence-electron chi connectivity index (χ2n) is 5.51. The first-order chi connectivity index (χ1) is 6.86. The van der Waals surface area contributed by atoms with Crippen molar-refractivity contribution in [3.63, 3.8) is 0 Å². The summed E-state index contributed by atoms with van der Waals surface area (Å²) in [6, 6.07) is 0. The van der Waals surface area contributed by atoms with Crippen molar-refractivity contribution in [3.05, 3.63) is 23.5 Å². The van der Waals surface area contributed by atoms with Gasteiger partial charge in [-0.3, -0.25) is 0 Å². The lowest BCUT2D eigenvalue weighted by atomic mass is 9.64. The minimum absolute atomic E-state index is 0.130. The molecule has 0 bridgehead atoms. The van der Waals surface area contributed by atoms with E-state index in [-0.39, 0.29) is 11.5 Å². The Hall–Kier alpha value is -0.760. The van der Waals surface area contributed by atoms with Crippen molar-refractivity contribution in [2.45, 2.75) is 52.2 Å². The maximum Gasteiger partial charge on any atom is 0.153 e. The van der Waals surface area contributed by atoms with Gasteiger partial charge in [-0.15, -0.1) is 0 Å². The van der Waals surface area contributed by atoms with E-state index < -0.39 is 5.60 Å². The molecule has 1 heterocycles. The Labute approximate surface area is 91.6 Å². The molecule has 2 nitrogen and oxygen atoms in total. The second-order valence-corrected chi connectivity index (χ2v) is 5.51. The van der Waals surface area contributed by atoms with Crippen molar-refractivity contribution in [3.8, 4) is 0 Å². The summed E-state index contributed by atoms with van der Waals surface area (Å²) in [6.45, 7) is 8.38. The van der Waals surface area contributed by atoms with E-state index in [2.05, 4.69) is 19.9 Å². The number of aliphatic hydroxyl groups is 1. The van der Waals surface area contributed by atoms with E-state index in [1.165, 1.54) is 5.57 Å². The average molecular weight is 208 g/mol. The Morgan fingerprint density at radius 2 is 2.00 bits per heavy atom. The highest BCUT2D eigenvalue weighted by atomic mass is 16.5. The van der Waals surface area contributed by atoms with Gasteiger partial charge in [0.25, 0.3) is 0 Å². The van der Waals surface area contributed by atoms with Gasteiger partial charge in [0, 0.05) is 0 Å². The molecule has 2 rings (SSSR count). The summed E-state index contributed by atoms with van der Waals surface area (Å²) in [5.41, 5.74) is 0.838. The van der Waals surface area contributed by atoms with Crippen LogP contribution in [0.3, 0.4) is 0 Å². The summed E-state index contributed by atoms with van der Waals surface area (Å²) in [7, 11) is 0. The van der Waals surface area contributed by atoms with Crippen molar-refractivity contribution >= 4 is 0 Å². The van der Waals surface area contributed by atoms with Gasteiger partial charge in [-0.2, -0.15) is 0 Å². The minimum atomic E-state index is -0.513. The third kappa shape index (κ3) is 1.51. The van der Waals surface area contributed by atoms with Gasteiger partial charge < -0.3 is 9.84 Å². The number of hydrogen-bond acceptors (Lipinski definition) is 2. The van der Waals surface area contributed by atoms with Crippen molar-refractivity contribution < 1.29 is 9.84 Å². The van der Waals surface area contributed by atoms with E-state index in [0.717, 1.165) is 18.6 Å². The summed E-state index contributed by atoms with van der Waals surface area (Å²) in [5.74, 6) is 0.887. The van der Waals surface area contributed by atoms with Crippen LogP contribution < -0.4 is 0 Å². The molecule has 15 heavy (non-hydrogen) atoms. The molecule has 1 aliphatic heterocycles. The van der Waals surface area contributed by atoms with Crippen molar-refractivity contribution in [2.75, 3.05) is 0 Å². The van der Waals surface area contributed by atoms with Crippen LogP contribution in [0.15, 0.2) is 23.5 Å². The molecular weight excluding hydrogens is 188 g/mol. The highest BCUT2D eigenvalue weighted by Gasteiger charge is 2.49. The second kappa shape index (κ2) is 3.11. The zero-order valence-electron chi connectivity index (χ0n) is 10.0. The fourth-order valence-electron chi connectivity index (χ4n) is 2.84. The van der Waals surface area contributed by atoms with Gasteiger partial charge in [0.1, 0.15) is 0 Å². The van der Waals surface area contributed by atoms with Gasteiger partial charge in [0.15, 0.2) is 5.60 Å². The molecule has 0 aromatic heterocycles. The van der Waals surface area contributed by atoms with E-state index in [0.29, 0.717) is 0 Å². The Kier molecular flexibility index (Phi) is 2.23. The van der Waals surface area contributed by atoms with Crippen LogP contribution in [0.5, 0.6) is 0 Å². The Bertz CT molecular complexity index is 338. The van der Waals surface area contributed by atoms with E-state index in [1.54, 1.807) is 0 Å². The largest absolute Gasteiger partial charge is 0.485 e. The molecule has 0 amide bonds. The Balaban J connectivity index is 2.47. The molecule has 2 atom stereocenters. The normalized spacial score (nSPS) is 38.6. The average Bonchev–Trinajstić information content (AvgIpc) is 2.11. The number of allylic oxidation sites excluding steroid dienone is 3. The molecule has 0 spiro atoms. The topological polar surface area (TPSA) is 29.5 Å². The highest BCUT2D eigenvalue weighted by molar-refractivity contribution is 5.35. The number of aliphatic hydroxyl groups excluding tert-OH is 1. The van der Waals surface area contributed by atoms with Crippen molar-refractivity contribution in [1.82, 2.24) is 0 Å². The lowest BCUT2D eigenvalue weighted by Crippen LogP contribution is -2.52. The maximum absolute atomic E-state index is 10.1. The van der Waals surface area contributed by atoms with E-state index in [9.17, 15) is 5.11 Å². The van der Waals surface area contributed by atoms with Crippen LogP contribution in [-0.2, 0) is 4.74 Å². The molecule has 1 N–H and O–H groups in total. The zero-order valence-corrected chi connectivity index (χ0v) is 10.0. The van der Waals surface area contributed by atoms with Crippen LogP contribution in [0.2, 0.25) is 0 Å². The van der Waals surface area contributed by atoms with Crippen LogP contribution in [0, 0.1) is 5.41 Å². The van der Waals surface area contributed by atoms with Gasteiger partial charge in [0.2, 0.25) is 0 Å². The van der Waals surface area contributed by atoms with Gasteiger partial charge in [-0.1, -0.05) is 19.9 Å². The summed E-state index contributed by atoms with van der Waals surface area (Å²) in [4.78, 5) is 0. The first-order valence-electron chi connectivity index (χ1n) is 5.63. The summed E-state index contributed by atoms with van der Waals surface area (Å²) >= 11 is 0. The predicted octanol–water partition coefficient (Wildman–Crippen LogP) is 2.79. The molecule has 1 aliphatic carbocycles. The van der Waals surface area contributed by atoms with E-state index in [4.69, 9.17) is 4.74 Å². The van der Waals surface area contributed by atoms with E-state index >= 15 is 0 Å². The summed E-state index contributed by atoms with van der Waals surface area (Å²) in [6.07, 6.45) is 5.57. The highest BCUT2D eigenvalue weighted by Crippen LogP contribution is 2.49. The van der Waals surface area contributed by atoms with Gasteiger partial charge in [-0.05, 0) is 43.8 Å². The van der Waals surface area contributed by atoms with E-state index in [1.807, 2.05) is 19.9 Å². The van der Waals surface area contributed by atoms with Crippen LogP contribution >= 0.6 is 0 Å². The summed E-state index contributed by atoms with van der Waals surface area (Å²) < 4.78 is 5.87. The summed E-state index contributed by atoms with van der Waals surface area (Å²) in [5, 5.41) is 10.1. The molecule has 84 valence electrons. The SMILES string of the molecule is CC1=CC=C2C(C)(C)CCC(O)C2(C)O1. The quantitative estimate of drug-likeness (QED) is 0.663. The number of hydrogen-bond donors (Lipinski definition) is 1. The Morgan fingerprint density at radius 3 is 2.67 bits per heavy atom. The monoisotopic (exact) mass is 208 g/mol. The lowest BCUT2D eigenvalue weighted by Gasteiger charge is -2.49. The zero-order chi connectivity index (χ0) is 11.3. The molecule has 2 unspecified atom stereocenters. The molecule has 1 saturated carbocycles. The lowest BCUT2D eigenvalue weighted by molar-refractivity contribution is -0.0920. The molecule has 0 saturated heterocycles. The third-order valence-electron chi connectivity index (χ3n) is 3.80. The fraction of sp³-hybridized carbons (Fsp3) is 0.692. The first-order valence-corrected chi connectivity index (χ1v) is 5.63. The van der Waals surface area contributed by atoms with Crippen LogP contribution in [0.25, 0.3) is 0 Å². The molecule has 0 aromatic rings. The number of fused-ring (bicyclic) bond motifs is 1. The smallest absolute Gasteiger partial charge is 0.153 e. The first kappa shape index (κ1) is 10.7. The molecule has 1 fully saturated rings. The van der Waals surface area contributed by atoms with Gasteiger partial charge >= 0.3 is 0 Å². The third-order valence-corrected chi connectivity index (χ3v) is 3.80. The molecule has 2 heteroatoms. The number of ether oxygens (including phenoxy) is 1. The van der Waals surface area contributed by atoms with Crippen molar-refractivity contribution in [2.24, 2.45) is 5.41 Å². The molecule has 0 aromatic carbocycles. The van der Waals surface area contributed by atoms with Crippen LogP contribution in [-0.4, -0.2) is 16.8 Å². The van der Waals surface area contributed by atoms with Crippen LogP contribution in [0.4, 0.5) is 0 Å². The van der Waals surface area contributed by atoms with Crippen molar-refractivity contribution in [1.29, 1.82) is 0 Å². The standard InChI is InChI=1S/C13H20O2/c1-9-5-6-10-12(2,3)8-7-11(14)13(10,4)15-9/h5-6,11,14H,7-8H2,1-4H3. The predicted molar refractivity (Wildman–Crippen MR) is 60.4 cm³/mol. The Morgan fingerprint density at radius 1 is 1.33 bits per heavy atom. The van der Waals surface area contributed by atoms with Crippen LogP contribution in [0.1, 0.15) is 40.5 Å². The molecule has 2 aliphatic rings. The fourth-order valence-corrected chi connectivity index (χ4v) is 2.84. The minimum Gasteiger partial charge on any atom is -0.485 e. The molecule has 0 radical (unpaired) electrons. The van der Waals surface area contributed by atoms with Gasteiger partial charge in [-0.25, -0.2) is 0 Å². The van der Waals surface area contributed by atoms with Gasteiger partial charge in [0.05, 0.1) is 11.9 Å². The molecular formula is C13H20O2.